The minimum absolute atomic E-state index is 0.177. The molecule has 1 saturated carbocycles. The predicted octanol–water partition coefficient (Wildman–Crippen LogP) is 3.34. The predicted molar refractivity (Wildman–Crippen MR) is 106 cm³/mol. The van der Waals surface area contributed by atoms with Gasteiger partial charge in [0.15, 0.2) is 0 Å². The first-order valence-electron chi connectivity index (χ1n) is 9.36. The number of carbonyl (C=O) groups is 1. The number of nitrogens with zero attached hydrogens (tertiary/aromatic N) is 1. The van der Waals surface area contributed by atoms with Crippen LogP contribution >= 0.6 is 0 Å². The van der Waals surface area contributed by atoms with Crippen LogP contribution in [-0.2, 0) is 10.3 Å². The van der Waals surface area contributed by atoms with Gasteiger partial charge in [-0.2, -0.15) is 0 Å². The van der Waals surface area contributed by atoms with Crippen LogP contribution in [0.15, 0.2) is 48.5 Å². The summed E-state index contributed by atoms with van der Waals surface area (Å²) in [4.78, 5) is 15.0. The molecule has 27 heavy (non-hydrogen) atoms. The number of para-hydroxylation sites is 2. The van der Waals surface area contributed by atoms with E-state index in [9.17, 15) is 4.79 Å². The van der Waals surface area contributed by atoms with E-state index in [1.165, 1.54) is 0 Å². The third kappa shape index (κ3) is 3.85. The van der Waals surface area contributed by atoms with E-state index in [0.717, 1.165) is 48.6 Å². The van der Waals surface area contributed by atoms with Gasteiger partial charge in [0, 0.05) is 13.1 Å². The second kappa shape index (κ2) is 7.48. The third-order valence-corrected chi connectivity index (χ3v) is 5.25. The van der Waals surface area contributed by atoms with Gasteiger partial charge in [0.25, 0.3) is 0 Å². The molecule has 142 valence electrons. The van der Waals surface area contributed by atoms with Gasteiger partial charge in [-0.3, -0.25) is 0 Å². The van der Waals surface area contributed by atoms with Gasteiger partial charge in [0.2, 0.25) is 0 Å². The summed E-state index contributed by atoms with van der Waals surface area (Å²) in [5, 5.41) is 6.20. The molecule has 2 aliphatic rings. The van der Waals surface area contributed by atoms with Crippen LogP contribution in [0.1, 0.15) is 18.4 Å². The quantitative estimate of drug-likeness (QED) is 0.851. The molecule has 0 radical (unpaired) electrons. The molecule has 0 unspecified atom stereocenters. The second-order valence-corrected chi connectivity index (χ2v) is 7.01. The van der Waals surface area contributed by atoms with Crippen molar-refractivity contribution in [2.24, 2.45) is 0 Å². The molecule has 0 spiro atoms. The molecule has 2 fully saturated rings. The van der Waals surface area contributed by atoms with Crippen molar-refractivity contribution in [2.45, 2.75) is 18.4 Å². The fraction of sp³-hybridized carbons (Fsp3) is 0.381. The van der Waals surface area contributed by atoms with E-state index in [1.807, 2.05) is 48.5 Å². The van der Waals surface area contributed by atoms with E-state index < -0.39 is 0 Å². The number of methoxy groups -OCH3 is 1. The molecule has 0 aromatic heterocycles. The highest BCUT2D eigenvalue weighted by Crippen LogP contribution is 2.46. The Morgan fingerprint density at radius 2 is 1.78 bits per heavy atom. The lowest BCUT2D eigenvalue weighted by Crippen LogP contribution is -2.39. The highest BCUT2D eigenvalue weighted by molar-refractivity contribution is 5.94. The smallest absolute Gasteiger partial charge is 0.319 e. The van der Waals surface area contributed by atoms with Crippen LogP contribution in [0.5, 0.6) is 5.75 Å². The van der Waals surface area contributed by atoms with Crippen molar-refractivity contribution in [2.75, 3.05) is 43.6 Å². The minimum Gasteiger partial charge on any atom is -0.497 e. The highest BCUT2D eigenvalue weighted by atomic mass is 16.5. The number of hydrogen-bond donors (Lipinski definition) is 2. The Balaban J connectivity index is 1.45. The number of urea groups is 1. The van der Waals surface area contributed by atoms with E-state index >= 15 is 0 Å². The lowest BCUT2D eigenvalue weighted by molar-refractivity contribution is 0.123. The number of morpholine rings is 1. The first-order valence-corrected chi connectivity index (χ1v) is 9.36. The number of benzene rings is 2. The summed E-state index contributed by atoms with van der Waals surface area (Å²) in [7, 11) is 1.65. The Hall–Kier alpha value is -2.73. The van der Waals surface area contributed by atoms with Crippen molar-refractivity contribution in [3.63, 3.8) is 0 Å². The molecule has 6 heteroatoms. The molecule has 0 bridgehead atoms. The number of hydrogen-bond acceptors (Lipinski definition) is 4. The van der Waals surface area contributed by atoms with Crippen molar-refractivity contribution in [3.8, 4) is 5.75 Å². The zero-order valence-electron chi connectivity index (χ0n) is 15.5. The molecule has 2 aromatic carbocycles. The number of ether oxygens (including phenoxy) is 2. The van der Waals surface area contributed by atoms with Crippen LogP contribution in [0.25, 0.3) is 0 Å². The lowest BCUT2D eigenvalue weighted by atomic mass is 10.1. The van der Waals surface area contributed by atoms with Crippen LogP contribution in [-0.4, -0.2) is 39.4 Å². The molecule has 2 N–H and O–H groups in total. The topological polar surface area (TPSA) is 62.8 Å². The van der Waals surface area contributed by atoms with Gasteiger partial charge in [0.1, 0.15) is 5.75 Å². The number of nitrogens with one attached hydrogen (secondary N) is 2. The largest absolute Gasteiger partial charge is 0.497 e. The Labute approximate surface area is 159 Å². The van der Waals surface area contributed by atoms with Gasteiger partial charge in [-0.1, -0.05) is 24.3 Å². The first kappa shape index (κ1) is 17.7. The van der Waals surface area contributed by atoms with Crippen LogP contribution in [0.4, 0.5) is 16.2 Å². The lowest BCUT2D eigenvalue weighted by Gasteiger charge is -2.30. The van der Waals surface area contributed by atoms with E-state index in [-0.39, 0.29) is 11.6 Å². The summed E-state index contributed by atoms with van der Waals surface area (Å²) in [5.74, 6) is 0.818. The number of carbonyl (C=O) groups excluding carboxylic acids is 1. The van der Waals surface area contributed by atoms with Crippen LogP contribution < -0.4 is 20.3 Å². The Morgan fingerprint density at radius 1 is 1.07 bits per heavy atom. The fourth-order valence-electron chi connectivity index (χ4n) is 3.55. The molecule has 6 nitrogen and oxygen atoms in total. The van der Waals surface area contributed by atoms with Crippen LogP contribution in [0.3, 0.4) is 0 Å². The summed E-state index contributed by atoms with van der Waals surface area (Å²) in [5.41, 5.74) is 2.69. The molecule has 2 amide bonds. The van der Waals surface area contributed by atoms with E-state index in [2.05, 4.69) is 15.5 Å². The maximum Gasteiger partial charge on any atom is 0.319 e. The zero-order chi connectivity index (χ0) is 18.7. The SMILES string of the molecule is COc1ccc(C2(NC(=O)Nc3ccccc3N3CCOCC3)CC2)cc1. The summed E-state index contributed by atoms with van der Waals surface area (Å²) in [6.45, 7) is 3.08. The maximum atomic E-state index is 12.7. The molecule has 1 heterocycles. The summed E-state index contributed by atoms with van der Waals surface area (Å²) < 4.78 is 10.7. The van der Waals surface area contributed by atoms with E-state index in [1.54, 1.807) is 7.11 Å². The molecule has 1 aliphatic carbocycles. The summed E-state index contributed by atoms with van der Waals surface area (Å²) >= 11 is 0. The van der Waals surface area contributed by atoms with Gasteiger partial charge in [-0.15, -0.1) is 0 Å². The van der Waals surface area contributed by atoms with Crippen LogP contribution in [0, 0.1) is 0 Å². The molecule has 1 saturated heterocycles. The first-order chi connectivity index (χ1) is 13.2. The molecular formula is C21H25N3O3. The summed E-state index contributed by atoms with van der Waals surface area (Å²) in [6, 6.07) is 15.6. The maximum absolute atomic E-state index is 12.7. The van der Waals surface area contributed by atoms with Gasteiger partial charge in [-0.25, -0.2) is 4.79 Å². The second-order valence-electron chi connectivity index (χ2n) is 7.01. The summed E-state index contributed by atoms with van der Waals surface area (Å²) in [6.07, 6.45) is 1.88. The number of rotatable bonds is 5. The monoisotopic (exact) mass is 367 g/mol. The number of amides is 2. The van der Waals surface area contributed by atoms with Gasteiger partial charge in [0.05, 0.1) is 37.2 Å². The molecule has 1 aliphatic heterocycles. The Kier molecular flexibility index (Phi) is 4.90. The van der Waals surface area contributed by atoms with Crippen molar-refractivity contribution >= 4 is 17.4 Å². The average Bonchev–Trinajstić information content (AvgIpc) is 3.49. The minimum atomic E-state index is -0.274. The molecule has 4 rings (SSSR count). The normalized spacial score (nSPS) is 17.9. The highest BCUT2D eigenvalue weighted by Gasteiger charge is 2.45. The zero-order valence-corrected chi connectivity index (χ0v) is 15.5. The van der Waals surface area contributed by atoms with Gasteiger partial charge in [-0.05, 0) is 42.7 Å². The standard InChI is InChI=1S/C21H25N3O3/c1-26-17-8-6-16(7-9-17)21(10-11-21)23-20(25)22-18-4-2-3-5-19(18)24-12-14-27-15-13-24/h2-9H,10-15H2,1H3,(H2,22,23,25). The van der Waals surface area contributed by atoms with Crippen molar-refractivity contribution in [1.29, 1.82) is 0 Å². The Morgan fingerprint density at radius 3 is 2.44 bits per heavy atom. The third-order valence-electron chi connectivity index (χ3n) is 5.25. The number of anilines is 2. The molecule has 2 aromatic rings. The van der Waals surface area contributed by atoms with Crippen molar-refractivity contribution in [3.05, 3.63) is 54.1 Å². The Bertz CT molecular complexity index is 797. The van der Waals surface area contributed by atoms with Crippen molar-refractivity contribution in [1.82, 2.24) is 5.32 Å². The average molecular weight is 367 g/mol. The molecular weight excluding hydrogens is 342 g/mol. The van der Waals surface area contributed by atoms with Gasteiger partial charge < -0.3 is 25.0 Å². The van der Waals surface area contributed by atoms with Crippen molar-refractivity contribution < 1.29 is 14.3 Å². The fourth-order valence-corrected chi connectivity index (χ4v) is 3.55. The van der Waals surface area contributed by atoms with E-state index in [0.29, 0.717) is 13.2 Å². The molecule has 0 atom stereocenters. The van der Waals surface area contributed by atoms with Gasteiger partial charge >= 0.3 is 6.03 Å². The van der Waals surface area contributed by atoms with E-state index in [4.69, 9.17) is 9.47 Å². The van der Waals surface area contributed by atoms with Crippen LogP contribution in [0.2, 0.25) is 0 Å².